The first-order chi connectivity index (χ1) is 12.8. The summed E-state index contributed by atoms with van der Waals surface area (Å²) >= 11 is 6.20. The SMILES string of the molecule is Clc1ccc(OCc2cccnc2)c(CNC[C@@H]2CCN(C3CC3)C2)c1. The van der Waals surface area contributed by atoms with E-state index in [1.54, 1.807) is 6.20 Å². The summed E-state index contributed by atoms with van der Waals surface area (Å²) in [4.78, 5) is 6.79. The lowest BCUT2D eigenvalue weighted by atomic mass is 10.1. The molecular formula is C21H26ClN3O. The number of halogens is 1. The molecule has 1 aliphatic heterocycles. The zero-order valence-electron chi connectivity index (χ0n) is 15.0. The molecule has 0 unspecified atom stereocenters. The minimum absolute atomic E-state index is 0.515. The number of ether oxygens (including phenoxy) is 1. The third-order valence-corrected chi connectivity index (χ3v) is 5.50. The highest BCUT2D eigenvalue weighted by Crippen LogP contribution is 2.31. The molecule has 1 aliphatic carbocycles. The Bertz CT molecular complexity index is 720. The van der Waals surface area contributed by atoms with Crippen LogP contribution < -0.4 is 10.1 Å². The van der Waals surface area contributed by atoms with Gasteiger partial charge in [0, 0.05) is 47.7 Å². The Morgan fingerprint density at radius 1 is 1.23 bits per heavy atom. The average Bonchev–Trinajstić information content (AvgIpc) is 3.41. The fourth-order valence-corrected chi connectivity index (χ4v) is 3.88. The van der Waals surface area contributed by atoms with E-state index in [1.807, 2.05) is 36.5 Å². The molecule has 2 heterocycles. The second kappa shape index (κ2) is 8.38. The Kier molecular flexibility index (Phi) is 5.73. The van der Waals surface area contributed by atoms with E-state index in [2.05, 4.69) is 15.2 Å². The van der Waals surface area contributed by atoms with Crippen LogP contribution in [-0.4, -0.2) is 35.6 Å². The first-order valence-electron chi connectivity index (χ1n) is 9.53. The van der Waals surface area contributed by atoms with Crippen LogP contribution in [-0.2, 0) is 13.2 Å². The lowest BCUT2D eigenvalue weighted by molar-refractivity contribution is 0.300. The maximum atomic E-state index is 6.20. The summed E-state index contributed by atoms with van der Waals surface area (Å²) in [5, 5.41) is 4.36. The number of hydrogen-bond acceptors (Lipinski definition) is 4. The van der Waals surface area contributed by atoms with Gasteiger partial charge in [0.15, 0.2) is 0 Å². The highest BCUT2D eigenvalue weighted by atomic mass is 35.5. The van der Waals surface area contributed by atoms with Crippen LogP contribution in [0.15, 0.2) is 42.7 Å². The summed E-state index contributed by atoms with van der Waals surface area (Å²) in [6.07, 6.45) is 7.72. The Labute approximate surface area is 160 Å². The molecule has 1 atom stereocenters. The molecule has 1 saturated heterocycles. The molecular weight excluding hydrogens is 346 g/mol. The number of rotatable bonds is 8. The van der Waals surface area contributed by atoms with Crippen LogP contribution in [0.25, 0.3) is 0 Å². The molecule has 2 aliphatic rings. The van der Waals surface area contributed by atoms with E-state index >= 15 is 0 Å². The van der Waals surface area contributed by atoms with Crippen molar-refractivity contribution < 1.29 is 4.74 Å². The zero-order valence-corrected chi connectivity index (χ0v) is 15.8. The van der Waals surface area contributed by atoms with Gasteiger partial charge in [0.1, 0.15) is 12.4 Å². The predicted molar refractivity (Wildman–Crippen MR) is 104 cm³/mol. The second-order valence-electron chi connectivity index (χ2n) is 7.41. The molecule has 138 valence electrons. The van der Waals surface area contributed by atoms with Crippen LogP contribution in [0, 0.1) is 5.92 Å². The van der Waals surface area contributed by atoms with Crippen LogP contribution in [0.1, 0.15) is 30.4 Å². The zero-order chi connectivity index (χ0) is 17.8. The lowest BCUT2D eigenvalue weighted by Crippen LogP contribution is -2.27. The molecule has 5 heteroatoms. The Morgan fingerprint density at radius 3 is 2.96 bits per heavy atom. The van der Waals surface area contributed by atoms with Crippen molar-refractivity contribution >= 4 is 11.6 Å². The quantitative estimate of drug-likeness (QED) is 0.764. The van der Waals surface area contributed by atoms with Gasteiger partial charge in [0.25, 0.3) is 0 Å². The standard InChI is InChI=1S/C21H26ClN3O/c22-19-3-6-21(26-15-17-2-1-8-23-12-17)18(10-19)13-24-11-16-7-9-25(14-16)20-4-5-20/h1-3,6,8,10,12,16,20,24H,4-5,7,9,11,13-15H2/t16-/m0/s1. The molecule has 0 amide bonds. The van der Waals surface area contributed by atoms with Crippen molar-refractivity contribution in [3.8, 4) is 5.75 Å². The van der Waals surface area contributed by atoms with E-state index < -0.39 is 0 Å². The minimum atomic E-state index is 0.515. The van der Waals surface area contributed by atoms with Crippen LogP contribution in [0.4, 0.5) is 0 Å². The fraction of sp³-hybridized carbons (Fsp3) is 0.476. The number of benzene rings is 1. The summed E-state index contributed by atoms with van der Waals surface area (Å²) in [5.74, 6) is 1.64. The number of nitrogens with zero attached hydrogens (tertiary/aromatic N) is 2. The van der Waals surface area contributed by atoms with Crippen molar-refractivity contribution in [2.24, 2.45) is 5.92 Å². The number of pyridine rings is 1. The van der Waals surface area contributed by atoms with Crippen LogP contribution >= 0.6 is 11.6 Å². The van der Waals surface area contributed by atoms with Gasteiger partial charge in [-0.2, -0.15) is 0 Å². The van der Waals surface area contributed by atoms with Gasteiger partial charge in [-0.3, -0.25) is 4.98 Å². The summed E-state index contributed by atoms with van der Waals surface area (Å²) < 4.78 is 6.01. The smallest absolute Gasteiger partial charge is 0.124 e. The van der Waals surface area contributed by atoms with Gasteiger partial charge in [-0.05, 0) is 62.5 Å². The molecule has 1 saturated carbocycles. The summed E-state index contributed by atoms with van der Waals surface area (Å²) in [6.45, 7) is 4.87. The van der Waals surface area contributed by atoms with Crippen molar-refractivity contribution in [2.75, 3.05) is 19.6 Å². The van der Waals surface area contributed by atoms with E-state index in [0.29, 0.717) is 6.61 Å². The molecule has 0 radical (unpaired) electrons. The Morgan fingerprint density at radius 2 is 2.15 bits per heavy atom. The molecule has 4 nitrogen and oxygen atoms in total. The number of nitrogens with one attached hydrogen (secondary N) is 1. The third kappa shape index (κ3) is 4.76. The van der Waals surface area contributed by atoms with Crippen LogP contribution in [0.5, 0.6) is 5.75 Å². The van der Waals surface area contributed by atoms with E-state index in [4.69, 9.17) is 16.3 Å². The molecule has 1 aromatic carbocycles. The first-order valence-corrected chi connectivity index (χ1v) is 9.90. The second-order valence-corrected chi connectivity index (χ2v) is 7.85. The number of likely N-dealkylation sites (tertiary alicyclic amines) is 1. The van der Waals surface area contributed by atoms with Gasteiger partial charge in [-0.1, -0.05) is 17.7 Å². The monoisotopic (exact) mass is 371 g/mol. The molecule has 0 bridgehead atoms. The summed E-state index contributed by atoms with van der Waals surface area (Å²) in [6, 6.07) is 10.7. The summed E-state index contributed by atoms with van der Waals surface area (Å²) in [7, 11) is 0. The molecule has 2 aromatic rings. The van der Waals surface area contributed by atoms with Crippen molar-refractivity contribution in [3.63, 3.8) is 0 Å². The number of hydrogen-bond donors (Lipinski definition) is 1. The third-order valence-electron chi connectivity index (χ3n) is 5.27. The van der Waals surface area contributed by atoms with Crippen molar-refractivity contribution in [1.82, 2.24) is 15.2 Å². The van der Waals surface area contributed by atoms with E-state index in [0.717, 1.165) is 46.9 Å². The van der Waals surface area contributed by atoms with Crippen molar-refractivity contribution in [1.29, 1.82) is 0 Å². The molecule has 1 aromatic heterocycles. The van der Waals surface area contributed by atoms with Crippen molar-refractivity contribution in [2.45, 2.75) is 38.5 Å². The van der Waals surface area contributed by atoms with Crippen LogP contribution in [0.2, 0.25) is 5.02 Å². The highest BCUT2D eigenvalue weighted by molar-refractivity contribution is 6.30. The first kappa shape index (κ1) is 17.8. The molecule has 4 rings (SSSR count). The maximum absolute atomic E-state index is 6.20. The van der Waals surface area contributed by atoms with E-state index in [1.165, 1.54) is 32.4 Å². The largest absolute Gasteiger partial charge is 0.489 e. The Balaban J connectivity index is 1.29. The fourth-order valence-electron chi connectivity index (χ4n) is 3.68. The average molecular weight is 372 g/mol. The summed E-state index contributed by atoms with van der Waals surface area (Å²) in [5.41, 5.74) is 2.17. The van der Waals surface area contributed by atoms with Gasteiger partial charge in [-0.15, -0.1) is 0 Å². The lowest BCUT2D eigenvalue weighted by Gasteiger charge is -2.16. The maximum Gasteiger partial charge on any atom is 0.124 e. The Hall–Kier alpha value is -1.62. The molecule has 26 heavy (non-hydrogen) atoms. The van der Waals surface area contributed by atoms with E-state index in [9.17, 15) is 0 Å². The molecule has 2 fully saturated rings. The van der Waals surface area contributed by atoms with Gasteiger partial charge in [-0.25, -0.2) is 0 Å². The highest BCUT2D eigenvalue weighted by Gasteiger charge is 2.33. The van der Waals surface area contributed by atoms with Gasteiger partial charge >= 0.3 is 0 Å². The topological polar surface area (TPSA) is 37.4 Å². The normalized spacial score (nSPS) is 20.4. The minimum Gasteiger partial charge on any atom is -0.489 e. The molecule has 1 N–H and O–H groups in total. The van der Waals surface area contributed by atoms with Crippen LogP contribution in [0.3, 0.4) is 0 Å². The van der Waals surface area contributed by atoms with Gasteiger partial charge < -0.3 is 15.0 Å². The van der Waals surface area contributed by atoms with Gasteiger partial charge in [0.2, 0.25) is 0 Å². The van der Waals surface area contributed by atoms with E-state index in [-0.39, 0.29) is 0 Å². The van der Waals surface area contributed by atoms with Gasteiger partial charge in [0.05, 0.1) is 0 Å². The molecule has 0 spiro atoms. The predicted octanol–water partition coefficient (Wildman–Crippen LogP) is 3.89. The number of aromatic nitrogens is 1. The van der Waals surface area contributed by atoms with Crippen molar-refractivity contribution in [3.05, 3.63) is 58.9 Å².